The molecule has 2 amide bonds. The van der Waals surface area contributed by atoms with Crippen molar-refractivity contribution >= 4 is 35.0 Å². The lowest BCUT2D eigenvalue weighted by atomic mass is 10.0. The predicted octanol–water partition coefficient (Wildman–Crippen LogP) is 6.97. The lowest BCUT2D eigenvalue weighted by Gasteiger charge is -2.08. The maximum absolute atomic E-state index is 12.6. The highest BCUT2D eigenvalue weighted by Gasteiger charge is 2.08. The smallest absolute Gasteiger partial charge is 0.308 e. The number of amides is 2. The van der Waals surface area contributed by atoms with Crippen molar-refractivity contribution in [3.05, 3.63) is 115 Å². The summed E-state index contributed by atoms with van der Waals surface area (Å²) < 4.78 is 0. The van der Waals surface area contributed by atoms with E-state index < -0.39 is 0 Å². The summed E-state index contributed by atoms with van der Waals surface area (Å²) in [5.41, 5.74) is 4.34. The van der Waals surface area contributed by atoms with Crippen molar-refractivity contribution in [1.82, 2.24) is 0 Å². The van der Waals surface area contributed by atoms with Crippen molar-refractivity contribution in [1.29, 1.82) is 0 Å². The van der Waals surface area contributed by atoms with Gasteiger partial charge >= 0.3 is 6.03 Å². The molecule has 0 aromatic heterocycles. The first kappa shape index (κ1) is 21.4. The van der Waals surface area contributed by atoms with E-state index in [-0.39, 0.29) is 11.8 Å². The van der Waals surface area contributed by atoms with E-state index in [9.17, 15) is 9.59 Å². The zero-order valence-corrected chi connectivity index (χ0v) is 18.1. The number of carbonyl (C=O) groups excluding carboxylic acids is 2. The fourth-order valence-electron chi connectivity index (χ4n) is 3.16. The van der Waals surface area contributed by atoms with Gasteiger partial charge in [0.1, 0.15) is 0 Å². The van der Waals surface area contributed by atoms with Crippen LogP contribution in [-0.4, -0.2) is 17.6 Å². The molecule has 0 radical (unpaired) electrons. The number of hydrogen-bond donors (Lipinski definition) is 2. The van der Waals surface area contributed by atoms with Gasteiger partial charge in [-0.25, -0.2) is 4.79 Å². The summed E-state index contributed by atoms with van der Waals surface area (Å²) in [5.74, 6) is 0.436. The summed E-state index contributed by atoms with van der Waals surface area (Å²) in [7, 11) is 0. The molecule has 4 aromatic rings. The van der Waals surface area contributed by atoms with Gasteiger partial charge in [-0.3, -0.25) is 4.79 Å². The maximum atomic E-state index is 12.6. The van der Waals surface area contributed by atoms with E-state index in [0.717, 1.165) is 21.7 Å². The lowest BCUT2D eigenvalue weighted by Crippen LogP contribution is -2.19. The molecule has 4 nitrogen and oxygen atoms in total. The number of para-hydroxylation sites is 1. The number of rotatable bonds is 7. The van der Waals surface area contributed by atoms with Crippen LogP contribution in [0.4, 0.5) is 16.2 Å². The molecule has 158 valence electrons. The Morgan fingerprint density at radius 1 is 0.594 bits per heavy atom. The van der Waals surface area contributed by atoms with Crippen molar-refractivity contribution < 1.29 is 9.59 Å². The molecule has 32 heavy (non-hydrogen) atoms. The van der Waals surface area contributed by atoms with Crippen LogP contribution in [0.3, 0.4) is 0 Å². The van der Waals surface area contributed by atoms with Crippen LogP contribution in [0.15, 0.2) is 114 Å². The molecule has 2 N–H and O–H groups in total. The number of Topliss-reactive ketones (excluding diaryl/α,β-unsaturated/α-hetero) is 1. The van der Waals surface area contributed by atoms with Crippen LogP contribution in [0.2, 0.25) is 0 Å². The van der Waals surface area contributed by atoms with E-state index in [1.165, 1.54) is 11.8 Å². The van der Waals surface area contributed by atoms with Gasteiger partial charge in [-0.15, -0.1) is 11.8 Å². The van der Waals surface area contributed by atoms with Gasteiger partial charge in [-0.2, -0.15) is 0 Å². The van der Waals surface area contributed by atoms with Gasteiger partial charge in [0.25, 0.3) is 0 Å². The number of nitrogens with one attached hydrogen (secondary N) is 2. The van der Waals surface area contributed by atoms with Crippen molar-refractivity contribution in [2.45, 2.75) is 4.90 Å². The number of carbonyl (C=O) groups is 2. The summed E-state index contributed by atoms with van der Waals surface area (Å²) in [6.45, 7) is 0. The molecule has 0 atom stereocenters. The first-order valence-electron chi connectivity index (χ1n) is 10.2. The molecule has 0 spiro atoms. The van der Waals surface area contributed by atoms with E-state index >= 15 is 0 Å². The normalized spacial score (nSPS) is 10.4. The Morgan fingerprint density at radius 2 is 1.12 bits per heavy atom. The fourth-order valence-corrected chi connectivity index (χ4v) is 3.95. The van der Waals surface area contributed by atoms with Crippen LogP contribution in [0.25, 0.3) is 11.1 Å². The van der Waals surface area contributed by atoms with Crippen LogP contribution < -0.4 is 10.6 Å². The van der Waals surface area contributed by atoms with Crippen LogP contribution in [-0.2, 0) is 0 Å². The minimum Gasteiger partial charge on any atom is -0.308 e. The Labute approximate surface area is 191 Å². The third-order valence-corrected chi connectivity index (χ3v) is 5.84. The second-order valence-corrected chi connectivity index (χ2v) is 8.17. The third kappa shape index (κ3) is 5.86. The highest BCUT2D eigenvalue weighted by molar-refractivity contribution is 8.00. The Hall–Kier alpha value is -3.83. The molecule has 5 heteroatoms. The minimum absolute atomic E-state index is 0.0825. The highest BCUT2D eigenvalue weighted by Crippen LogP contribution is 2.23. The van der Waals surface area contributed by atoms with Crippen LogP contribution in [0.1, 0.15) is 10.4 Å². The molecule has 4 rings (SSSR count). The molecule has 0 heterocycles. The largest absolute Gasteiger partial charge is 0.323 e. The topological polar surface area (TPSA) is 58.2 Å². The molecule has 0 saturated heterocycles. The minimum atomic E-state index is -0.300. The van der Waals surface area contributed by atoms with E-state index in [1.54, 1.807) is 0 Å². The van der Waals surface area contributed by atoms with Crippen molar-refractivity contribution in [2.75, 3.05) is 16.4 Å². The van der Waals surface area contributed by atoms with Gasteiger partial charge in [-0.05, 0) is 47.5 Å². The van der Waals surface area contributed by atoms with E-state index in [4.69, 9.17) is 0 Å². The quantitative estimate of drug-likeness (QED) is 0.242. The monoisotopic (exact) mass is 438 g/mol. The molecule has 0 aliphatic rings. The van der Waals surface area contributed by atoms with Crippen LogP contribution in [0.5, 0.6) is 0 Å². The maximum Gasteiger partial charge on any atom is 0.323 e. The number of urea groups is 1. The Balaban J connectivity index is 1.28. The standard InChI is InChI=1S/C27H22N2O2S/c30-26(22-13-11-21(12-14-22)20-7-3-1-4-8-20)19-32-25-17-15-24(16-18-25)29-27(31)28-23-9-5-2-6-10-23/h1-18H,19H2,(H2,28,29,31). The first-order chi connectivity index (χ1) is 15.7. The average molecular weight is 439 g/mol. The van der Waals surface area contributed by atoms with Gasteiger partial charge in [0, 0.05) is 21.8 Å². The number of thioether (sulfide) groups is 1. The van der Waals surface area contributed by atoms with E-state index in [1.807, 2.05) is 97.1 Å². The number of ketones is 1. The third-order valence-electron chi connectivity index (χ3n) is 4.83. The fraction of sp³-hybridized carbons (Fsp3) is 0.0370. The molecule has 0 aliphatic heterocycles. The van der Waals surface area contributed by atoms with Crippen molar-refractivity contribution in [3.8, 4) is 11.1 Å². The van der Waals surface area contributed by atoms with Crippen molar-refractivity contribution in [2.24, 2.45) is 0 Å². The van der Waals surface area contributed by atoms with Gasteiger partial charge in [0.2, 0.25) is 0 Å². The zero-order chi connectivity index (χ0) is 22.2. The van der Waals surface area contributed by atoms with Crippen LogP contribution in [0, 0.1) is 0 Å². The summed E-state index contributed by atoms with van der Waals surface area (Å²) in [5, 5.41) is 5.58. The molecule has 0 unspecified atom stereocenters. The Kier molecular flexibility index (Phi) is 7.00. The number of hydrogen-bond acceptors (Lipinski definition) is 3. The van der Waals surface area contributed by atoms with Gasteiger partial charge in [0.05, 0.1) is 5.75 Å². The van der Waals surface area contributed by atoms with Crippen LogP contribution >= 0.6 is 11.8 Å². The SMILES string of the molecule is O=C(Nc1ccccc1)Nc1ccc(SCC(=O)c2ccc(-c3ccccc3)cc2)cc1. The van der Waals surface area contributed by atoms with Crippen molar-refractivity contribution in [3.63, 3.8) is 0 Å². The zero-order valence-electron chi connectivity index (χ0n) is 17.3. The molecule has 0 bridgehead atoms. The van der Waals surface area contributed by atoms with Gasteiger partial charge in [0.15, 0.2) is 5.78 Å². The van der Waals surface area contributed by atoms with Gasteiger partial charge in [-0.1, -0.05) is 72.8 Å². The molecule has 0 saturated carbocycles. The Morgan fingerprint density at radius 3 is 1.75 bits per heavy atom. The molecule has 0 aliphatic carbocycles. The average Bonchev–Trinajstić information content (AvgIpc) is 2.84. The van der Waals surface area contributed by atoms with E-state index in [0.29, 0.717) is 17.0 Å². The second-order valence-electron chi connectivity index (χ2n) is 7.12. The van der Waals surface area contributed by atoms with Gasteiger partial charge < -0.3 is 10.6 Å². The summed E-state index contributed by atoms with van der Waals surface area (Å²) in [6.07, 6.45) is 0. The van der Waals surface area contributed by atoms with E-state index in [2.05, 4.69) is 22.8 Å². The molecule has 4 aromatic carbocycles. The number of anilines is 2. The lowest BCUT2D eigenvalue weighted by molar-refractivity contribution is 0.102. The highest BCUT2D eigenvalue weighted by atomic mass is 32.2. The second kappa shape index (κ2) is 10.5. The summed E-state index contributed by atoms with van der Waals surface area (Å²) >= 11 is 1.48. The molecular weight excluding hydrogens is 416 g/mol. The molecular formula is C27H22N2O2S. The summed E-state index contributed by atoms with van der Waals surface area (Å²) in [4.78, 5) is 25.6. The Bertz CT molecular complexity index is 1180. The summed E-state index contributed by atoms with van der Waals surface area (Å²) in [6, 6.07) is 34.2. The first-order valence-corrected chi connectivity index (χ1v) is 11.2. The number of benzene rings is 4. The predicted molar refractivity (Wildman–Crippen MR) is 132 cm³/mol. The molecule has 0 fully saturated rings.